The van der Waals surface area contributed by atoms with Gasteiger partial charge < -0.3 is 9.52 Å². The van der Waals surface area contributed by atoms with Crippen molar-refractivity contribution in [2.45, 2.75) is 13.1 Å². The predicted octanol–water partition coefficient (Wildman–Crippen LogP) is 4.09. The van der Waals surface area contributed by atoms with Crippen LogP contribution in [-0.4, -0.2) is 31.7 Å². The minimum Gasteiger partial charge on any atom is -0.465 e. The molecule has 144 valence electrons. The predicted molar refractivity (Wildman–Crippen MR) is 107 cm³/mol. The molecule has 0 bridgehead atoms. The van der Waals surface area contributed by atoms with E-state index in [1.807, 2.05) is 36.4 Å². The molecule has 2 aromatic heterocycles. The van der Waals surface area contributed by atoms with Gasteiger partial charge in [0.25, 0.3) is 0 Å². The van der Waals surface area contributed by atoms with E-state index in [2.05, 4.69) is 20.5 Å². The molecule has 0 saturated carbocycles. The van der Waals surface area contributed by atoms with Gasteiger partial charge in [0.2, 0.25) is 0 Å². The summed E-state index contributed by atoms with van der Waals surface area (Å²) in [4.78, 5) is 16.1. The fourth-order valence-corrected chi connectivity index (χ4v) is 3.65. The van der Waals surface area contributed by atoms with Crippen LogP contribution < -0.4 is 5.32 Å². The number of furan rings is 1. The van der Waals surface area contributed by atoms with E-state index in [1.54, 1.807) is 23.6 Å². The van der Waals surface area contributed by atoms with E-state index in [4.69, 9.17) is 16.0 Å². The maximum atomic E-state index is 11.4. The molecule has 5 rings (SSSR count). The van der Waals surface area contributed by atoms with Crippen LogP contribution in [0.25, 0.3) is 16.7 Å². The molecule has 4 aromatic rings. The van der Waals surface area contributed by atoms with E-state index < -0.39 is 12.3 Å². The Morgan fingerprint density at radius 1 is 1.17 bits per heavy atom. The van der Waals surface area contributed by atoms with E-state index >= 15 is 0 Å². The third-order valence-corrected chi connectivity index (χ3v) is 4.99. The molecule has 0 fully saturated rings. The van der Waals surface area contributed by atoms with Gasteiger partial charge in [-0.3, -0.25) is 9.88 Å². The molecule has 1 amide bonds. The number of aliphatic imine (C=N–C) groups is 1. The van der Waals surface area contributed by atoms with Crippen molar-refractivity contribution in [3.63, 3.8) is 0 Å². The number of nitrogens with one attached hydrogen (secondary N) is 1. The Hall–Kier alpha value is -3.65. The highest BCUT2D eigenvalue weighted by Crippen LogP contribution is 2.36. The monoisotopic (exact) mass is 407 g/mol. The number of aryl methyl sites for hydroxylation is 1. The van der Waals surface area contributed by atoms with Gasteiger partial charge in [-0.05, 0) is 31.2 Å². The van der Waals surface area contributed by atoms with E-state index in [0.29, 0.717) is 33.7 Å². The number of benzene rings is 2. The highest BCUT2D eigenvalue weighted by atomic mass is 35.5. The molecule has 8 nitrogen and oxygen atoms in total. The number of halogens is 1. The van der Waals surface area contributed by atoms with Crippen LogP contribution in [0.5, 0.6) is 0 Å². The minimum atomic E-state index is -1.22. The van der Waals surface area contributed by atoms with Crippen LogP contribution in [0, 0.1) is 6.92 Å². The van der Waals surface area contributed by atoms with Crippen molar-refractivity contribution in [2.24, 2.45) is 4.99 Å². The topological polar surface area (TPSA) is 106 Å². The number of carboxylic acid groups (broad SMARTS) is 1. The van der Waals surface area contributed by atoms with Crippen LogP contribution >= 0.6 is 11.6 Å². The second-order valence-electron chi connectivity index (χ2n) is 6.55. The van der Waals surface area contributed by atoms with Gasteiger partial charge in [0.15, 0.2) is 17.8 Å². The van der Waals surface area contributed by atoms with Crippen molar-refractivity contribution < 1.29 is 14.3 Å². The SMILES string of the molecule is Cc1nnc2n1-c1c(oc3ccccc13)C(c1ccc(Cl)cc1)=NC2NC(=O)O. The van der Waals surface area contributed by atoms with Gasteiger partial charge in [-0.2, -0.15) is 0 Å². The fraction of sp³-hybridized carbons (Fsp3) is 0.100. The second-order valence-corrected chi connectivity index (χ2v) is 6.99. The summed E-state index contributed by atoms with van der Waals surface area (Å²) >= 11 is 6.05. The first-order valence-electron chi connectivity index (χ1n) is 8.80. The van der Waals surface area contributed by atoms with E-state index in [0.717, 1.165) is 16.6 Å². The van der Waals surface area contributed by atoms with E-state index in [1.165, 1.54) is 0 Å². The Bertz CT molecular complexity index is 1290. The molecule has 3 heterocycles. The molecule has 1 aliphatic heterocycles. The zero-order valence-corrected chi connectivity index (χ0v) is 15.9. The molecule has 0 spiro atoms. The van der Waals surface area contributed by atoms with Gasteiger partial charge >= 0.3 is 6.09 Å². The third kappa shape index (κ3) is 2.76. The minimum absolute atomic E-state index is 0.363. The summed E-state index contributed by atoms with van der Waals surface area (Å²) in [5.41, 5.74) is 2.64. The molecule has 0 radical (unpaired) electrons. The summed E-state index contributed by atoms with van der Waals surface area (Å²) < 4.78 is 7.97. The fourth-order valence-electron chi connectivity index (χ4n) is 3.52. The van der Waals surface area contributed by atoms with Gasteiger partial charge in [0.1, 0.15) is 22.8 Å². The van der Waals surface area contributed by atoms with Gasteiger partial charge in [0.05, 0.1) is 0 Å². The van der Waals surface area contributed by atoms with Gasteiger partial charge in [-0.1, -0.05) is 35.9 Å². The summed E-state index contributed by atoms with van der Waals surface area (Å²) in [5, 5.41) is 21.5. The first-order chi connectivity index (χ1) is 14.0. The lowest BCUT2D eigenvalue weighted by atomic mass is 10.1. The first kappa shape index (κ1) is 17.4. The largest absolute Gasteiger partial charge is 0.465 e. The molecule has 9 heteroatoms. The molecular weight excluding hydrogens is 394 g/mol. The number of para-hydroxylation sites is 1. The van der Waals surface area contributed by atoms with Crippen molar-refractivity contribution in [1.82, 2.24) is 20.1 Å². The second kappa shape index (κ2) is 6.46. The number of hydrogen-bond acceptors (Lipinski definition) is 5. The van der Waals surface area contributed by atoms with Gasteiger partial charge in [-0.15, -0.1) is 10.2 Å². The maximum absolute atomic E-state index is 11.4. The molecular formula is C20H14ClN5O3. The number of amides is 1. The molecule has 1 aliphatic rings. The Labute approximate surface area is 169 Å². The molecule has 0 saturated heterocycles. The first-order valence-corrected chi connectivity index (χ1v) is 9.18. The summed E-state index contributed by atoms with van der Waals surface area (Å²) in [6, 6.07) is 14.7. The molecule has 0 aliphatic carbocycles. The molecule has 2 N–H and O–H groups in total. The van der Waals surface area contributed by atoms with Crippen molar-refractivity contribution in [3.05, 3.63) is 76.5 Å². The van der Waals surface area contributed by atoms with Crippen molar-refractivity contribution >= 4 is 34.4 Å². The summed E-state index contributed by atoms with van der Waals surface area (Å²) in [7, 11) is 0. The average molecular weight is 408 g/mol. The molecule has 1 unspecified atom stereocenters. The van der Waals surface area contributed by atoms with Crippen molar-refractivity contribution in [1.29, 1.82) is 0 Å². The van der Waals surface area contributed by atoms with Crippen LogP contribution in [-0.2, 0) is 0 Å². The highest BCUT2D eigenvalue weighted by molar-refractivity contribution is 6.30. The smallest absolute Gasteiger partial charge is 0.406 e. The summed E-state index contributed by atoms with van der Waals surface area (Å²) in [6.07, 6.45) is -2.18. The lowest BCUT2D eigenvalue weighted by Crippen LogP contribution is -2.27. The Morgan fingerprint density at radius 2 is 1.93 bits per heavy atom. The number of nitrogens with zero attached hydrogens (tertiary/aromatic N) is 4. The Balaban J connectivity index is 1.86. The van der Waals surface area contributed by atoms with Crippen LogP contribution in [0.1, 0.15) is 29.1 Å². The van der Waals surface area contributed by atoms with Crippen molar-refractivity contribution in [3.8, 4) is 5.69 Å². The molecule has 29 heavy (non-hydrogen) atoms. The van der Waals surface area contributed by atoms with E-state index in [9.17, 15) is 9.90 Å². The van der Waals surface area contributed by atoms with Crippen LogP contribution in [0.3, 0.4) is 0 Å². The number of hydrogen-bond donors (Lipinski definition) is 2. The van der Waals surface area contributed by atoms with Crippen LogP contribution in [0.2, 0.25) is 5.02 Å². The number of rotatable bonds is 2. The number of fused-ring (bicyclic) bond motifs is 5. The van der Waals surface area contributed by atoms with E-state index in [-0.39, 0.29) is 0 Å². The quantitative estimate of drug-likeness (QED) is 0.520. The van der Waals surface area contributed by atoms with Crippen molar-refractivity contribution in [2.75, 3.05) is 0 Å². The van der Waals surface area contributed by atoms with Gasteiger partial charge in [-0.25, -0.2) is 9.79 Å². The summed E-state index contributed by atoms with van der Waals surface area (Å²) in [5.74, 6) is 1.46. The van der Waals surface area contributed by atoms with Crippen LogP contribution in [0.4, 0.5) is 4.79 Å². The summed E-state index contributed by atoms with van der Waals surface area (Å²) in [6.45, 7) is 1.80. The zero-order valence-electron chi connectivity index (χ0n) is 15.1. The zero-order chi connectivity index (χ0) is 20.1. The third-order valence-electron chi connectivity index (χ3n) is 4.74. The Kier molecular flexibility index (Phi) is 3.88. The lowest BCUT2D eigenvalue weighted by molar-refractivity contribution is 0.189. The standard InChI is InChI=1S/C20H14ClN5O3/c1-10-24-25-19-18(23-20(27)28)22-15(11-6-8-12(21)9-7-11)17-16(26(10)19)13-4-2-3-5-14(13)29-17/h2-9,18,23H,1H3,(H,27,28). The van der Waals surface area contributed by atoms with Crippen LogP contribution in [0.15, 0.2) is 57.9 Å². The Morgan fingerprint density at radius 3 is 2.69 bits per heavy atom. The maximum Gasteiger partial charge on any atom is 0.406 e. The normalized spacial score (nSPS) is 15.4. The van der Waals surface area contributed by atoms with Gasteiger partial charge in [0, 0.05) is 16.0 Å². The molecule has 2 aromatic carbocycles. The number of carbonyl (C=O) groups is 1. The lowest BCUT2D eigenvalue weighted by Gasteiger charge is -2.12. The highest BCUT2D eigenvalue weighted by Gasteiger charge is 2.33. The average Bonchev–Trinajstić information content (AvgIpc) is 3.22. The number of aromatic nitrogens is 3. The molecule has 1 atom stereocenters.